The maximum Gasteiger partial charge on any atom is 0.273 e. The van der Waals surface area contributed by atoms with Gasteiger partial charge >= 0.3 is 0 Å². The summed E-state index contributed by atoms with van der Waals surface area (Å²) in [5, 5.41) is 10.3. The van der Waals surface area contributed by atoms with Crippen LogP contribution in [0.4, 0.5) is 8.78 Å². The number of methoxy groups -OCH3 is 1. The number of nitrogens with zero attached hydrogens (tertiary/aromatic N) is 4. The molecule has 1 fully saturated rings. The molecule has 1 aromatic carbocycles. The SMILES string of the molecule is COCCNC(=O)c1cn(CC2CC(F)CN2C(=O)COc2ccc(F)cc2)nn1. The molecule has 1 N–H and O–H groups in total. The lowest BCUT2D eigenvalue weighted by Crippen LogP contribution is -2.41. The lowest BCUT2D eigenvalue weighted by molar-refractivity contribution is -0.134. The lowest BCUT2D eigenvalue weighted by atomic mass is 10.2. The van der Waals surface area contributed by atoms with E-state index in [0.29, 0.717) is 18.9 Å². The molecule has 3 rings (SSSR count). The number of carbonyl (C=O) groups excluding carboxylic acids is 2. The van der Waals surface area contributed by atoms with Gasteiger partial charge in [0.2, 0.25) is 0 Å². The van der Waals surface area contributed by atoms with Crippen molar-refractivity contribution in [1.82, 2.24) is 25.2 Å². The van der Waals surface area contributed by atoms with Gasteiger partial charge in [-0.1, -0.05) is 5.21 Å². The third kappa shape index (κ3) is 5.72. The number of amides is 2. The summed E-state index contributed by atoms with van der Waals surface area (Å²) in [4.78, 5) is 25.9. The van der Waals surface area contributed by atoms with Crippen LogP contribution < -0.4 is 10.1 Å². The monoisotopic (exact) mass is 423 g/mol. The van der Waals surface area contributed by atoms with Crippen molar-refractivity contribution in [1.29, 1.82) is 0 Å². The highest BCUT2D eigenvalue weighted by Gasteiger charge is 2.36. The summed E-state index contributed by atoms with van der Waals surface area (Å²) in [6.07, 6.45) is 0.438. The highest BCUT2D eigenvalue weighted by atomic mass is 19.1. The minimum absolute atomic E-state index is 0.0463. The first-order valence-electron chi connectivity index (χ1n) is 9.45. The second-order valence-corrected chi connectivity index (χ2v) is 6.85. The number of nitrogens with one attached hydrogen (secondary N) is 1. The highest BCUT2D eigenvalue weighted by molar-refractivity contribution is 5.91. The first-order chi connectivity index (χ1) is 14.5. The third-order valence-corrected chi connectivity index (χ3v) is 4.62. The van der Waals surface area contributed by atoms with Gasteiger partial charge in [-0.15, -0.1) is 5.10 Å². The molecule has 11 heteroatoms. The maximum atomic E-state index is 14.0. The molecule has 2 atom stereocenters. The van der Waals surface area contributed by atoms with Crippen molar-refractivity contribution in [3.8, 4) is 5.75 Å². The standard InChI is InChI=1S/C19H23F2N5O4/c1-29-7-6-22-19(28)17-11-25(24-23-17)10-15-8-14(21)9-26(15)18(27)12-30-16-4-2-13(20)3-5-16/h2-5,11,14-15H,6-10,12H2,1H3,(H,22,28). The molecule has 162 valence electrons. The van der Waals surface area contributed by atoms with E-state index in [0.717, 1.165) is 0 Å². The number of aromatic nitrogens is 3. The molecule has 1 aliphatic heterocycles. The van der Waals surface area contributed by atoms with E-state index >= 15 is 0 Å². The van der Waals surface area contributed by atoms with Gasteiger partial charge in [-0.2, -0.15) is 0 Å². The van der Waals surface area contributed by atoms with E-state index in [9.17, 15) is 18.4 Å². The number of halogens is 2. The Labute approximate surface area is 171 Å². The highest BCUT2D eigenvalue weighted by Crippen LogP contribution is 2.22. The van der Waals surface area contributed by atoms with Gasteiger partial charge in [-0.25, -0.2) is 13.5 Å². The second kappa shape index (κ2) is 10.1. The summed E-state index contributed by atoms with van der Waals surface area (Å²) in [5.74, 6) is -0.846. The Morgan fingerprint density at radius 1 is 1.30 bits per heavy atom. The van der Waals surface area contributed by atoms with Gasteiger partial charge in [0.05, 0.1) is 31.9 Å². The topological polar surface area (TPSA) is 98.6 Å². The summed E-state index contributed by atoms with van der Waals surface area (Å²) in [6.45, 7) is 0.567. The van der Waals surface area contributed by atoms with Crippen LogP contribution in [0.3, 0.4) is 0 Å². The second-order valence-electron chi connectivity index (χ2n) is 6.85. The molecule has 0 aliphatic carbocycles. The van der Waals surface area contributed by atoms with Crippen molar-refractivity contribution in [3.05, 3.63) is 42.0 Å². The maximum absolute atomic E-state index is 14.0. The number of hydrogen-bond donors (Lipinski definition) is 1. The van der Waals surface area contributed by atoms with E-state index in [2.05, 4.69) is 15.6 Å². The van der Waals surface area contributed by atoms with Crippen molar-refractivity contribution in [2.24, 2.45) is 0 Å². The number of hydrogen-bond acceptors (Lipinski definition) is 6. The average Bonchev–Trinajstić information content (AvgIpc) is 3.34. The number of alkyl halides is 1. The van der Waals surface area contributed by atoms with Crippen LogP contribution in [0.1, 0.15) is 16.9 Å². The van der Waals surface area contributed by atoms with Crippen molar-refractivity contribution < 1.29 is 27.8 Å². The average molecular weight is 423 g/mol. The smallest absolute Gasteiger partial charge is 0.273 e. The van der Waals surface area contributed by atoms with Crippen LogP contribution >= 0.6 is 0 Å². The summed E-state index contributed by atoms with van der Waals surface area (Å²) in [6, 6.07) is 4.83. The minimum atomic E-state index is -1.16. The van der Waals surface area contributed by atoms with E-state index in [1.807, 2.05) is 0 Å². The minimum Gasteiger partial charge on any atom is -0.484 e. The molecule has 1 aromatic heterocycles. The Morgan fingerprint density at radius 2 is 2.07 bits per heavy atom. The van der Waals surface area contributed by atoms with Gasteiger partial charge < -0.3 is 19.7 Å². The fourth-order valence-electron chi connectivity index (χ4n) is 3.16. The van der Waals surface area contributed by atoms with Crippen molar-refractivity contribution in [3.63, 3.8) is 0 Å². The van der Waals surface area contributed by atoms with Gasteiger partial charge in [0.25, 0.3) is 11.8 Å². The van der Waals surface area contributed by atoms with Crippen LogP contribution in [0.15, 0.2) is 30.5 Å². The fourth-order valence-corrected chi connectivity index (χ4v) is 3.16. The van der Waals surface area contributed by atoms with Crippen LogP contribution in [0.25, 0.3) is 0 Å². The van der Waals surface area contributed by atoms with Crippen LogP contribution in [0.2, 0.25) is 0 Å². The van der Waals surface area contributed by atoms with Crippen molar-refractivity contribution >= 4 is 11.8 Å². The molecule has 1 aliphatic rings. The lowest BCUT2D eigenvalue weighted by Gasteiger charge is -2.24. The quantitative estimate of drug-likeness (QED) is 0.600. The number of ether oxygens (including phenoxy) is 2. The summed E-state index contributed by atoms with van der Waals surface area (Å²) < 4.78 is 38.6. The zero-order valence-electron chi connectivity index (χ0n) is 16.5. The van der Waals surface area contributed by atoms with Crippen LogP contribution in [0.5, 0.6) is 5.75 Å². The summed E-state index contributed by atoms with van der Waals surface area (Å²) in [7, 11) is 1.53. The third-order valence-electron chi connectivity index (χ3n) is 4.62. The number of rotatable bonds is 9. The Hall–Kier alpha value is -3.08. The van der Waals surface area contributed by atoms with Crippen molar-refractivity contribution in [2.45, 2.75) is 25.2 Å². The molecule has 0 saturated carbocycles. The molecule has 2 amide bonds. The Kier molecular flexibility index (Phi) is 7.28. The summed E-state index contributed by atoms with van der Waals surface area (Å²) >= 11 is 0. The number of carbonyl (C=O) groups is 2. The Bertz CT molecular complexity index is 861. The molecule has 30 heavy (non-hydrogen) atoms. The molecule has 0 radical (unpaired) electrons. The molecular formula is C19H23F2N5O4. The molecule has 0 bridgehead atoms. The zero-order chi connectivity index (χ0) is 21.5. The van der Waals surface area contributed by atoms with Crippen molar-refractivity contribution in [2.75, 3.05) is 33.4 Å². The first-order valence-corrected chi connectivity index (χ1v) is 9.45. The molecule has 2 unspecified atom stereocenters. The molecule has 2 heterocycles. The zero-order valence-corrected chi connectivity index (χ0v) is 16.5. The van der Waals surface area contributed by atoms with E-state index < -0.39 is 23.9 Å². The largest absolute Gasteiger partial charge is 0.484 e. The summed E-state index contributed by atoms with van der Waals surface area (Å²) in [5.41, 5.74) is 0.124. The fraction of sp³-hybridized carbons (Fsp3) is 0.474. The van der Waals surface area contributed by atoms with Gasteiger partial charge in [0.15, 0.2) is 12.3 Å². The van der Waals surface area contributed by atoms with Crippen LogP contribution in [-0.4, -0.2) is 77.3 Å². The van der Waals surface area contributed by atoms with E-state index in [1.165, 1.54) is 47.2 Å². The van der Waals surface area contributed by atoms with Gasteiger partial charge in [-0.3, -0.25) is 9.59 Å². The number of likely N-dealkylation sites (tertiary alicyclic amines) is 1. The predicted molar refractivity (Wildman–Crippen MR) is 101 cm³/mol. The van der Waals surface area contributed by atoms with Gasteiger partial charge in [0.1, 0.15) is 17.7 Å². The molecule has 1 saturated heterocycles. The Morgan fingerprint density at radius 3 is 2.80 bits per heavy atom. The normalized spacial score (nSPS) is 18.4. The molecular weight excluding hydrogens is 400 g/mol. The van der Waals surface area contributed by atoms with E-state index in [4.69, 9.17) is 9.47 Å². The molecule has 9 nitrogen and oxygen atoms in total. The first kappa shape index (κ1) is 21.6. The van der Waals surface area contributed by atoms with Crippen LogP contribution in [-0.2, 0) is 16.1 Å². The van der Waals surface area contributed by atoms with E-state index in [-0.39, 0.29) is 37.7 Å². The number of benzene rings is 1. The van der Waals surface area contributed by atoms with E-state index in [1.54, 1.807) is 0 Å². The Balaban J connectivity index is 1.56. The molecule has 2 aromatic rings. The van der Waals surface area contributed by atoms with Crippen LogP contribution in [0, 0.1) is 5.82 Å². The predicted octanol–water partition coefficient (Wildman–Crippen LogP) is 0.811. The van der Waals surface area contributed by atoms with Gasteiger partial charge in [0, 0.05) is 20.1 Å². The molecule has 0 spiro atoms. The van der Waals surface area contributed by atoms with Gasteiger partial charge in [-0.05, 0) is 24.3 Å².